The molecule has 0 aliphatic carbocycles. The number of methoxy groups -OCH3 is 2. The summed E-state index contributed by atoms with van der Waals surface area (Å²) < 4.78 is 40.5. The highest BCUT2D eigenvalue weighted by molar-refractivity contribution is 7.87. The van der Waals surface area contributed by atoms with Crippen molar-refractivity contribution >= 4 is 45.4 Å². The van der Waals surface area contributed by atoms with Gasteiger partial charge in [-0.1, -0.05) is 29.3 Å². The fourth-order valence-electron chi connectivity index (χ4n) is 3.09. The summed E-state index contributed by atoms with van der Waals surface area (Å²) in [7, 11) is -1.66. The van der Waals surface area contributed by atoms with Crippen LogP contribution in [-0.2, 0) is 19.6 Å². The van der Waals surface area contributed by atoms with Crippen LogP contribution in [0.3, 0.4) is 0 Å². The average molecular weight is 541 g/mol. The maximum Gasteiger partial charge on any atom is 0.339 e. The number of carbonyl (C=O) groups excluding carboxylic acids is 2. The summed E-state index contributed by atoms with van der Waals surface area (Å²) in [6.07, 6.45) is 1.25. The topological polar surface area (TPSA) is 132 Å². The largest absolute Gasteiger partial charge is 0.493 e. The van der Waals surface area contributed by atoms with Crippen molar-refractivity contribution < 1.29 is 31.7 Å². The van der Waals surface area contributed by atoms with Crippen molar-refractivity contribution in [3.05, 3.63) is 87.9 Å². The third kappa shape index (κ3) is 6.67. The number of amides is 1. The Morgan fingerprint density at radius 3 is 2.24 bits per heavy atom. The van der Waals surface area contributed by atoms with Gasteiger partial charge in [-0.15, -0.1) is 0 Å². The molecule has 0 spiro atoms. The predicted molar refractivity (Wildman–Crippen MR) is 137 cm³/mol. The second-order valence-corrected chi connectivity index (χ2v) is 9.53. The van der Waals surface area contributed by atoms with Crippen LogP contribution in [-0.4, -0.2) is 34.5 Å². The zero-order valence-electron chi connectivity index (χ0n) is 19.9. The Morgan fingerprint density at radius 2 is 1.68 bits per heavy atom. The number of carbonyl (C=O) groups is 2. The molecule has 3 aromatic carbocycles. The Balaban J connectivity index is 1.86. The van der Waals surface area contributed by atoms with Gasteiger partial charge in [0, 0.05) is 5.69 Å². The van der Waals surface area contributed by atoms with Crippen molar-refractivity contribution in [3.63, 3.8) is 0 Å². The molecule has 0 aliphatic rings. The van der Waals surface area contributed by atoms with Crippen LogP contribution in [0.2, 0.25) is 5.02 Å². The number of esters is 1. The molecule has 3 rings (SSSR count). The van der Waals surface area contributed by atoms with Crippen LogP contribution in [0.5, 0.6) is 11.5 Å². The third-order valence-electron chi connectivity index (χ3n) is 4.99. The second kappa shape index (κ2) is 11.6. The smallest absolute Gasteiger partial charge is 0.339 e. The first kappa shape index (κ1) is 27.3. The van der Waals surface area contributed by atoms with Crippen LogP contribution in [0.4, 0.5) is 5.69 Å². The van der Waals surface area contributed by atoms with Crippen molar-refractivity contribution in [3.8, 4) is 17.6 Å². The first-order chi connectivity index (χ1) is 17.6. The van der Waals surface area contributed by atoms with Crippen LogP contribution in [0.25, 0.3) is 6.08 Å². The van der Waals surface area contributed by atoms with E-state index >= 15 is 0 Å². The van der Waals surface area contributed by atoms with E-state index in [4.69, 9.17) is 20.5 Å². The Morgan fingerprint density at radius 1 is 1.03 bits per heavy atom. The molecule has 1 amide bonds. The minimum Gasteiger partial charge on any atom is -0.493 e. The van der Waals surface area contributed by atoms with E-state index in [1.54, 1.807) is 12.1 Å². The SMILES string of the molecule is COC(=O)c1ccc(NC(=O)/C(C#N)=C/c2cc(Cl)c(OS(=O)(=O)c3ccc(C)cc3)c(OC)c2)cc1. The Hall–Kier alpha value is -4.33. The highest BCUT2D eigenvalue weighted by atomic mass is 35.5. The Labute approximate surface area is 219 Å². The monoisotopic (exact) mass is 540 g/mol. The molecule has 0 fully saturated rings. The van der Waals surface area contributed by atoms with E-state index in [0.29, 0.717) is 11.3 Å². The average Bonchev–Trinajstić information content (AvgIpc) is 2.88. The van der Waals surface area contributed by atoms with Gasteiger partial charge in [-0.05, 0) is 67.1 Å². The molecule has 11 heteroatoms. The van der Waals surface area contributed by atoms with E-state index in [2.05, 4.69) is 10.1 Å². The fourth-order valence-corrected chi connectivity index (χ4v) is 4.35. The first-order valence-corrected chi connectivity index (χ1v) is 12.4. The van der Waals surface area contributed by atoms with Gasteiger partial charge in [0.15, 0.2) is 5.75 Å². The standard InChI is InChI=1S/C26H21ClN2O7S/c1-16-4-10-21(11-5-16)37(32,33)36-24-22(27)13-17(14-23(24)34-2)12-19(15-28)25(30)29-20-8-6-18(7-9-20)26(31)35-3/h4-14H,1-3H3,(H,29,30)/b19-12+. The summed E-state index contributed by atoms with van der Waals surface area (Å²) in [5.74, 6) is -1.51. The Bertz CT molecular complexity index is 1510. The molecule has 190 valence electrons. The highest BCUT2D eigenvalue weighted by Crippen LogP contribution is 2.39. The van der Waals surface area contributed by atoms with Gasteiger partial charge in [0.05, 0.1) is 24.8 Å². The second-order valence-electron chi connectivity index (χ2n) is 7.58. The number of ether oxygens (including phenoxy) is 2. The van der Waals surface area contributed by atoms with Crippen LogP contribution in [0.15, 0.2) is 71.1 Å². The molecule has 0 heterocycles. The molecule has 0 bridgehead atoms. The number of aryl methyl sites for hydroxylation is 1. The van der Waals surface area contributed by atoms with Crippen molar-refractivity contribution in [1.82, 2.24) is 0 Å². The lowest BCUT2D eigenvalue weighted by Gasteiger charge is -2.13. The number of hydrogen-bond acceptors (Lipinski definition) is 8. The summed E-state index contributed by atoms with van der Waals surface area (Å²) in [6, 6.07) is 16.5. The van der Waals surface area contributed by atoms with Gasteiger partial charge >= 0.3 is 16.1 Å². The zero-order valence-corrected chi connectivity index (χ0v) is 21.5. The lowest BCUT2D eigenvalue weighted by atomic mass is 10.1. The number of nitrogens with zero attached hydrogens (tertiary/aromatic N) is 1. The minimum atomic E-state index is -4.21. The molecule has 0 radical (unpaired) electrons. The van der Waals surface area contributed by atoms with Crippen LogP contribution in [0, 0.1) is 18.3 Å². The number of halogens is 1. The number of rotatable bonds is 8. The summed E-state index contributed by atoms with van der Waals surface area (Å²) in [5.41, 5.74) is 1.54. The van der Waals surface area contributed by atoms with Gasteiger partial charge in [-0.25, -0.2) is 4.79 Å². The van der Waals surface area contributed by atoms with E-state index in [1.807, 2.05) is 13.0 Å². The molecular weight excluding hydrogens is 520 g/mol. The maximum absolute atomic E-state index is 12.7. The van der Waals surface area contributed by atoms with Gasteiger partial charge in [0.2, 0.25) is 5.75 Å². The van der Waals surface area contributed by atoms with Crippen LogP contribution in [0.1, 0.15) is 21.5 Å². The molecule has 0 aromatic heterocycles. The van der Waals surface area contributed by atoms with Crippen molar-refractivity contribution in [1.29, 1.82) is 5.26 Å². The van der Waals surface area contributed by atoms with E-state index in [-0.39, 0.29) is 32.6 Å². The molecule has 1 N–H and O–H groups in total. The van der Waals surface area contributed by atoms with Gasteiger partial charge in [0.25, 0.3) is 5.91 Å². The summed E-state index contributed by atoms with van der Waals surface area (Å²) in [4.78, 5) is 24.1. The van der Waals surface area contributed by atoms with Crippen LogP contribution >= 0.6 is 11.6 Å². The number of benzene rings is 3. The molecule has 3 aromatic rings. The van der Waals surface area contributed by atoms with Crippen LogP contribution < -0.4 is 14.2 Å². The van der Waals surface area contributed by atoms with Crippen molar-refractivity contribution in [2.75, 3.05) is 19.5 Å². The molecule has 0 saturated carbocycles. The number of nitrogens with one attached hydrogen (secondary N) is 1. The molecular formula is C26H21ClN2O7S. The number of hydrogen-bond donors (Lipinski definition) is 1. The lowest BCUT2D eigenvalue weighted by Crippen LogP contribution is -2.13. The maximum atomic E-state index is 12.7. The first-order valence-electron chi connectivity index (χ1n) is 10.6. The van der Waals surface area contributed by atoms with E-state index < -0.39 is 22.0 Å². The number of nitriles is 1. The van der Waals surface area contributed by atoms with Crippen molar-refractivity contribution in [2.45, 2.75) is 11.8 Å². The fraction of sp³-hybridized carbons (Fsp3) is 0.115. The van der Waals surface area contributed by atoms with E-state index in [0.717, 1.165) is 5.56 Å². The van der Waals surface area contributed by atoms with Gasteiger partial charge in [-0.3, -0.25) is 4.79 Å². The van der Waals surface area contributed by atoms with Gasteiger partial charge in [-0.2, -0.15) is 13.7 Å². The molecule has 0 aliphatic heterocycles. The molecule has 0 saturated heterocycles. The summed E-state index contributed by atoms with van der Waals surface area (Å²) in [6.45, 7) is 1.82. The normalized spacial score (nSPS) is 11.3. The highest BCUT2D eigenvalue weighted by Gasteiger charge is 2.22. The lowest BCUT2D eigenvalue weighted by molar-refractivity contribution is -0.112. The zero-order chi connectivity index (χ0) is 27.2. The van der Waals surface area contributed by atoms with Gasteiger partial charge < -0.3 is 19.0 Å². The minimum absolute atomic E-state index is 0.0227. The van der Waals surface area contributed by atoms with Crippen molar-refractivity contribution in [2.24, 2.45) is 0 Å². The Kier molecular flexibility index (Phi) is 8.55. The third-order valence-corrected chi connectivity index (χ3v) is 6.51. The molecule has 37 heavy (non-hydrogen) atoms. The summed E-state index contributed by atoms with van der Waals surface area (Å²) in [5, 5.41) is 12.0. The molecule has 0 unspecified atom stereocenters. The quantitative estimate of drug-likeness (QED) is 0.187. The predicted octanol–water partition coefficient (Wildman–Crippen LogP) is 4.76. The van der Waals surface area contributed by atoms with E-state index in [1.165, 1.54) is 68.8 Å². The molecule has 0 atom stereocenters. The summed E-state index contributed by atoms with van der Waals surface area (Å²) >= 11 is 6.30. The number of anilines is 1. The van der Waals surface area contributed by atoms with E-state index in [9.17, 15) is 23.3 Å². The van der Waals surface area contributed by atoms with Gasteiger partial charge in [0.1, 0.15) is 16.5 Å². The molecule has 9 nitrogen and oxygen atoms in total.